The average molecular weight is 427 g/mol. The molecule has 1 amide bonds. The number of hydrogen-bond donors (Lipinski definition) is 1. The molecule has 168 valence electrons. The van der Waals surface area contributed by atoms with Gasteiger partial charge in [-0.3, -0.25) is 9.69 Å². The summed E-state index contributed by atoms with van der Waals surface area (Å²) in [6, 6.07) is 13.9. The van der Waals surface area contributed by atoms with Gasteiger partial charge in [-0.25, -0.2) is 0 Å². The highest BCUT2D eigenvalue weighted by Crippen LogP contribution is 2.26. The molecule has 1 heterocycles. The van der Waals surface area contributed by atoms with Gasteiger partial charge in [0.2, 0.25) is 0 Å². The van der Waals surface area contributed by atoms with Crippen LogP contribution in [0.25, 0.3) is 0 Å². The van der Waals surface area contributed by atoms with Crippen LogP contribution in [-0.2, 0) is 0 Å². The van der Waals surface area contributed by atoms with E-state index in [0.29, 0.717) is 23.6 Å². The fourth-order valence-electron chi connectivity index (χ4n) is 3.86. The molecule has 1 aliphatic heterocycles. The van der Waals surface area contributed by atoms with Crippen LogP contribution in [0.5, 0.6) is 11.5 Å². The highest BCUT2D eigenvalue weighted by Gasteiger charge is 2.25. The van der Waals surface area contributed by atoms with E-state index < -0.39 is 0 Å². The largest absolute Gasteiger partial charge is 0.497 e. The van der Waals surface area contributed by atoms with Gasteiger partial charge < -0.3 is 24.6 Å². The van der Waals surface area contributed by atoms with E-state index in [-0.39, 0.29) is 11.9 Å². The van der Waals surface area contributed by atoms with Crippen molar-refractivity contribution in [2.45, 2.75) is 6.04 Å². The van der Waals surface area contributed by atoms with Gasteiger partial charge in [-0.05, 0) is 36.9 Å². The van der Waals surface area contributed by atoms with Crippen LogP contribution in [0.15, 0.2) is 42.5 Å². The summed E-state index contributed by atoms with van der Waals surface area (Å²) in [5, 5.41) is 3.13. The molecule has 0 aromatic heterocycles. The number of carbonyl (C=O) groups excluding carboxylic acids is 1. The highest BCUT2D eigenvalue weighted by atomic mass is 16.5. The van der Waals surface area contributed by atoms with Crippen LogP contribution in [0.2, 0.25) is 0 Å². The number of amides is 1. The highest BCUT2D eigenvalue weighted by molar-refractivity contribution is 5.97. The SMILES string of the molecule is COc1ccc(C(=O)NCC(c2ccc(N(C)C)cc2)N2CCN(C)CC2)c(OC)c1. The van der Waals surface area contributed by atoms with Gasteiger partial charge in [0.1, 0.15) is 11.5 Å². The van der Waals surface area contributed by atoms with E-state index in [1.165, 1.54) is 5.56 Å². The maximum Gasteiger partial charge on any atom is 0.255 e. The molecule has 0 aliphatic carbocycles. The summed E-state index contributed by atoms with van der Waals surface area (Å²) in [4.78, 5) is 19.9. The first-order valence-corrected chi connectivity index (χ1v) is 10.6. The molecule has 1 aliphatic rings. The Balaban J connectivity index is 1.77. The first-order chi connectivity index (χ1) is 14.9. The second-order valence-electron chi connectivity index (χ2n) is 8.12. The number of nitrogens with zero attached hydrogens (tertiary/aromatic N) is 3. The lowest BCUT2D eigenvalue weighted by atomic mass is 10.0. The fraction of sp³-hybridized carbons (Fsp3) is 0.458. The molecule has 7 heteroatoms. The van der Waals surface area contributed by atoms with Crippen molar-refractivity contribution in [3.63, 3.8) is 0 Å². The van der Waals surface area contributed by atoms with Gasteiger partial charge in [0.05, 0.1) is 25.8 Å². The lowest BCUT2D eigenvalue weighted by Crippen LogP contribution is -2.48. The molecule has 0 saturated carbocycles. The third-order valence-electron chi connectivity index (χ3n) is 5.88. The van der Waals surface area contributed by atoms with E-state index in [2.05, 4.69) is 51.3 Å². The molecule has 1 unspecified atom stereocenters. The first-order valence-electron chi connectivity index (χ1n) is 10.6. The zero-order valence-corrected chi connectivity index (χ0v) is 19.2. The lowest BCUT2D eigenvalue weighted by Gasteiger charge is -2.38. The Morgan fingerprint density at radius 2 is 1.71 bits per heavy atom. The standard InChI is InChI=1S/C24H34N4O3/c1-26(2)19-8-6-18(7-9-19)22(28-14-12-27(3)13-15-28)17-25-24(29)21-11-10-20(30-4)16-23(21)31-5/h6-11,16,22H,12-15,17H2,1-5H3,(H,25,29). The summed E-state index contributed by atoms with van der Waals surface area (Å²) in [6.07, 6.45) is 0. The maximum absolute atomic E-state index is 13.0. The molecule has 1 atom stereocenters. The zero-order chi connectivity index (χ0) is 22.4. The Bertz CT molecular complexity index is 862. The van der Waals surface area contributed by atoms with Gasteiger partial charge in [-0.2, -0.15) is 0 Å². The molecule has 1 N–H and O–H groups in total. The number of nitrogens with one attached hydrogen (secondary N) is 1. The van der Waals surface area contributed by atoms with E-state index in [4.69, 9.17) is 9.47 Å². The Hall–Kier alpha value is -2.77. The predicted octanol–water partition coefficient (Wildman–Crippen LogP) is 2.49. The third kappa shape index (κ3) is 5.68. The van der Waals surface area contributed by atoms with E-state index in [0.717, 1.165) is 31.9 Å². The topological polar surface area (TPSA) is 57.3 Å². The quantitative estimate of drug-likeness (QED) is 0.700. The van der Waals surface area contributed by atoms with Gasteiger partial charge in [0, 0.05) is 58.6 Å². The van der Waals surface area contributed by atoms with E-state index in [1.54, 1.807) is 32.4 Å². The van der Waals surface area contributed by atoms with Crippen molar-refractivity contribution in [3.8, 4) is 11.5 Å². The minimum absolute atomic E-state index is 0.109. The molecule has 3 rings (SSSR count). The van der Waals surface area contributed by atoms with E-state index in [9.17, 15) is 4.79 Å². The van der Waals surface area contributed by atoms with Crippen LogP contribution >= 0.6 is 0 Å². The first kappa shape index (κ1) is 22.9. The number of hydrogen-bond acceptors (Lipinski definition) is 6. The normalized spacial score (nSPS) is 15.9. The second-order valence-corrected chi connectivity index (χ2v) is 8.12. The summed E-state index contributed by atoms with van der Waals surface area (Å²) in [6.45, 7) is 4.51. The molecule has 0 spiro atoms. The van der Waals surface area contributed by atoms with Gasteiger partial charge in [0.15, 0.2) is 0 Å². The molecule has 2 aromatic carbocycles. The number of anilines is 1. The monoisotopic (exact) mass is 426 g/mol. The van der Waals surface area contributed by atoms with Crippen LogP contribution in [0.1, 0.15) is 22.0 Å². The number of ether oxygens (including phenoxy) is 2. The second kappa shape index (κ2) is 10.5. The number of benzene rings is 2. The third-order valence-corrected chi connectivity index (χ3v) is 5.88. The van der Waals surface area contributed by atoms with Crippen LogP contribution in [0.4, 0.5) is 5.69 Å². The van der Waals surface area contributed by atoms with Crippen molar-refractivity contribution in [3.05, 3.63) is 53.6 Å². The molecule has 1 fully saturated rings. The Kier molecular flexibility index (Phi) is 7.76. The summed E-state index contributed by atoms with van der Waals surface area (Å²) in [5.41, 5.74) is 2.87. The molecule has 2 aromatic rings. The van der Waals surface area contributed by atoms with Crippen LogP contribution in [-0.4, -0.2) is 83.8 Å². The molecule has 31 heavy (non-hydrogen) atoms. The fourth-order valence-corrected chi connectivity index (χ4v) is 3.86. The molecule has 0 bridgehead atoms. The molecular formula is C24H34N4O3. The van der Waals surface area contributed by atoms with Crippen molar-refractivity contribution in [1.29, 1.82) is 0 Å². The van der Waals surface area contributed by atoms with Gasteiger partial charge in [-0.15, -0.1) is 0 Å². The van der Waals surface area contributed by atoms with Gasteiger partial charge in [0.25, 0.3) is 5.91 Å². The van der Waals surface area contributed by atoms with Crippen molar-refractivity contribution >= 4 is 11.6 Å². The van der Waals surface area contributed by atoms with Crippen molar-refractivity contribution in [2.24, 2.45) is 0 Å². The Morgan fingerprint density at radius 3 is 2.29 bits per heavy atom. The molecule has 1 saturated heterocycles. The summed E-state index contributed by atoms with van der Waals surface area (Å²) < 4.78 is 10.6. The zero-order valence-electron chi connectivity index (χ0n) is 19.2. The maximum atomic E-state index is 13.0. The summed E-state index contributed by atoms with van der Waals surface area (Å²) >= 11 is 0. The van der Waals surface area contributed by atoms with Gasteiger partial charge in [-0.1, -0.05) is 12.1 Å². The smallest absolute Gasteiger partial charge is 0.255 e. The van der Waals surface area contributed by atoms with Crippen molar-refractivity contribution in [2.75, 3.05) is 73.0 Å². The van der Waals surface area contributed by atoms with Crippen LogP contribution in [0.3, 0.4) is 0 Å². The van der Waals surface area contributed by atoms with Gasteiger partial charge >= 0.3 is 0 Å². The van der Waals surface area contributed by atoms with Crippen LogP contribution in [0, 0.1) is 0 Å². The van der Waals surface area contributed by atoms with Crippen molar-refractivity contribution in [1.82, 2.24) is 15.1 Å². The minimum Gasteiger partial charge on any atom is -0.497 e. The number of likely N-dealkylation sites (N-methyl/N-ethyl adjacent to an activating group) is 1. The van der Waals surface area contributed by atoms with Crippen molar-refractivity contribution < 1.29 is 14.3 Å². The number of methoxy groups -OCH3 is 2. The van der Waals surface area contributed by atoms with E-state index in [1.807, 2.05) is 14.1 Å². The number of carbonyl (C=O) groups is 1. The summed E-state index contributed by atoms with van der Waals surface area (Å²) in [7, 11) is 9.38. The minimum atomic E-state index is -0.149. The lowest BCUT2D eigenvalue weighted by molar-refractivity contribution is 0.0883. The number of piperazine rings is 1. The molecule has 7 nitrogen and oxygen atoms in total. The van der Waals surface area contributed by atoms with E-state index >= 15 is 0 Å². The number of rotatable bonds is 8. The Morgan fingerprint density at radius 1 is 1.03 bits per heavy atom. The summed E-state index contributed by atoms with van der Waals surface area (Å²) in [5.74, 6) is 1.01. The Labute approximate surface area is 185 Å². The molecular weight excluding hydrogens is 392 g/mol. The molecule has 0 radical (unpaired) electrons. The predicted molar refractivity (Wildman–Crippen MR) is 124 cm³/mol. The van der Waals surface area contributed by atoms with Crippen LogP contribution < -0.4 is 19.7 Å². The average Bonchev–Trinajstić information content (AvgIpc) is 2.80.